The van der Waals surface area contributed by atoms with Crippen LogP contribution in [0.2, 0.25) is 5.02 Å². The molecular formula is C21H16ClF3N4O4. The Morgan fingerprint density at radius 2 is 1.70 bits per heavy atom. The lowest BCUT2D eigenvalue weighted by Gasteiger charge is -2.13. The second-order valence-electron chi connectivity index (χ2n) is 6.51. The zero-order chi connectivity index (χ0) is 24.2. The van der Waals surface area contributed by atoms with E-state index in [1.807, 2.05) is 0 Å². The Hall–Kier alpha value is -3.99. The molecule has 0 aliphatic rings. The minimum Gasteiger partial charge on any atom is -0.504 e. The summed E-state index contributed by atoms with van der Waals surface area (Å²) in [6.07, 6.45) is -3.32. The van der Waals surface area contributed by atoms with E-state index in [4.69, 9.17) is 16.3 Å². The number of anilines is 2. The quantitative estimate of drug-likeness (QED) is 0.398. The SMILES string of the molecule is CNC(=O)c1cc(Oc2ccc(NC(=O)Nc3ccc(Cl)c(C(F)(F)F)c3)cc2O)ccn1. The van der Waals surface area contributed by atoms with Crippen molar-refractivity contribution < 1.29 is 32.6 Å². The van der Waals surface area contributed by atoms with Gasteiger partial charge in [0.2, 0.25) is 0 Å². The molecule has 4 N–H and O–H groups in total. The fourth-order valence-electron chi connectivity index (χ4n) is 2.65. The Bertz CT molecular complexity index is 1200. The second-order valence-corrected chi connectivity index (χ2v) is 6.92. The molecule has 0 saturated heterocycles. The smallest absolute Gasteiger partial charge is 0.417 e. The lowest BCUT2D eigenvalue weighted by molar-refractivity contribution is -0.137. The van der Waals surface area contributed by atoms with Gasteiger partial charge in [-0.25, -0.2) is 4.79 Å². The van der Waals surface area contributed by atoms with Crippen molar-refractivity contribution in [1.82, 2.24) is 10.3 Å². The Labute approximate surface area is 190 Å². The molecule has 0 fully saturated rings. The first kappa shape index (κ1) is 23.7. The zero-order valence-corrected chi connectivity index (χ0v) is 17.6. The van der Waals surface area contributed by atoms with Crippen molar-refractivity contribution in [3.05, 3.63) is 71.0 Å². The number of halogens is 4. The third kappa shape index (κ3) is 6.04. The van der Waals surface area contributed by atoms with Crippen molar-refractivity contribution in [3.8, 4) is 17.2 Å². The number of carbonyl (C=O) groups is 2. The van der Waals surface area contributed by atoms with E-state index in [9.17, 15) is 27.9 Å². The molecule has 3 amide bonds. The number of benzene rings is 2. The van der Waals surface area contributed by atoms with Crippen LogP contribution in [0.5, 0.6) is 17.2 Å². The number of phenols is 1. The molecular weight excluding hydrogens is 465 g/mol. The standard InChI is InChI=1S/C21H16ClF3N4O4/c1-26-19(31)16-10-13(6-7-27-16)33-18-5-3-12(9-17(18)30)29-20(32)28-11-2-4-15(22)14(8-11)21(23,24)25/h2-10,30H,1H3,(H,26,31)(H2,28,29,32). The van der Waals surface area contributed by atoms with E-state index in [0.717, 1.165) is 6.07 Å². The third-order valence-corrected chi connectivity index (χ3v) is 4.49. The Morgan fingerprint density at radius 3 is 2.33 bits per heavy atom. The topological polar surface area (TPSA) is 113 Å². The van der Waals surface area contributed by atoms with Crippen LogP contribution in [-0.2, 0) is 6.18 Å². The first-order valence-electron chi connectivity index (χ1n) is 9.20. The second kappa shape index (κ2) is 9.65. The maximum absolute atomic E-state index is 13.0. The van der Waals surface area contributed by atoms with Gasteiger partial charge in [0.05, 0.1) is 10.6 Å². The summed E-state index contributed by atoms with van der Waals surface area (Å²) in [4.78, 5) is 27.7. The number of alkyl halides is 3. The Kier molecular flexibility index (Phi) is 6.92. The van der Waals surface area contributed by atoms with Crippen LogP contribution in [0.15, 0.2) is 54.7 Å². The van der Waals surface area contributed by atoms with Crippen LogP contribution in [0.1, 0.15) is 16.1 Å². The minimum atomic E-state index is -4.68. The molecule has 3 rings (SSSR count). The molecule has 0 aliphatic heterocycles. The summed E-state index contributed by atoms with van der Waals surface area (Å²) in [6, 6.07) is 8.89. The molecule has 3 aromatic rings. The molecule has 0 unspecified atom stereocenters. The minimum absolute atomic E-state index is 0.0301. The van der Waals surface area contributed by atoms with Gasteiger partial charge in [0, 0.05) is 36.8 Å². The van der Waals surface area contributed by atoms with Gasteiger partial charge in [-0.15, -0.1) is 0 Å². The van der Waals surface area contributed by atoms with Crippen LogP contribution in [0.4, 0.5) is 29.3 Å². The fraction of sp³-hybridized carbons (Fsp3) is 0.0952. The maximum atomic E-state index is 13.0. The van der Waals surface area contributed by atoms with Gasteiger partial charge < -0.3 is 25.8 Å². The number of rotatable bonds is 5. The van der Waals surface area contributed by atoms with Gasteiger partial charge in [-0.2, -0.15) is 13.2 Å². The number of urea groups is 1. The molecule has 2 aromatic carbocycles. The highest BCUT2D eigenvalue weighted by molar-refractivity contribution is 6.31. The van der Waals surface area contributed by atoms with Gasteiger partial charge in [-0.3, -0.25) is 9.78 Å². The number of carbonyl (C=O) groups excluding carboxylic acids is 2. The number of aromatic nitrogens is 1. The molecule has 12 heteroatoms. The van der Waals surface area contributed by atoms with E-state index in [-0.39, 0.29) is 34.3 Å². The van der Waals surface area contributed by atoms with Gasteiger partial charge in [-0.05, 0) is 36.4 Å². The Balaban J connectivity index is 1.68. The largest absolute Gasteiger partial charge is 0.504 e. The van der Waals surface area contributed by atoms with Crippen molar-refractivity contribution >= 4 is 34.9 Å². The van der Waals surface area contributed by atoms with E-state index in [1.165, 1.54) is 49.6 Å². The molecule has 0 saturated carbocycles. The number of nitrogens with zero attached hydrogens (tertiary/aromatic N) is 1. The molecule has 172 valence electrons. The van der Waals surface area contributed by atoms with Gasteiger partial charge in [0.1, 0.15) is 11.4 Å². The number of hydrogen-bond donors (Lipinski definition) is 4. The molecule has 8 nitrogen and oxygen atoms in total. The monoisotopic (exact) mass is 480 g/mol. The number of phenolic OH excluding ortho intramolecular Hbond substituents is 1. The molecule has 0 radical (unpaired) electrons. The van der Waals surface area contributed by atoms with Crippen molar-refractivity contribution in [2.24, 2.45) is 0 Å². The van der Waals surface area contributed by atoms with Crippen LogP contribution in [-0.4, -0.2) is 29.1 Å². The molecule has 1 aromatic heterocycles. The van der Waals surface area contributed by atoms with E-state index in [0.29, 0.717) is 6.07 Å². The summed E-state index contributed by atoms with van der Waals surface area (Å²) in [5.41, 5.74) is -0.960. The van der Waals surface area contributed by atoms with Crippen LogP contribution >= 0.6 is 11.6 Å². The predicted molar refractivity (Wildman–Crippen MR) is 115 cm³/mol. The zero-order valence-electron chi connectivity index (χ0n) is 16.8. The van der Waals surface area contributed by atoms with E-state index >= 15 is 0 Å². The van der Waals surface area contributed by atoms with Crippen molar-refractivity contribution in [2.45, 2.75) is 6.18 Å². The first-order chi connectivity index (χ1) is 15.6. The normalized spacial score (nSPS) is 10.9. The van der Waals surface area contributed by atoms with Gasteiger partial charge in [0.15, 0.2) is 11.5 Å². The number of aromatic hydroxyl groups is 1. The van der Waals surface area contributed by atoms with Crippen molar-refractivity contribution in [1.29, 1.82) is 0 Å². The lowest BCUT2D eigenvalue weighted by atomic mass is 10.2. The van der Waals surface area contributed by atoms with Gasteiger partial charge in [0.25, 0.3) is 5.91 Å². The summed E-state index contributed by atoms with van der Waals surface area (Å²) in [5, 5.41) is 16.8. The summed E-state index contributed by atoms with van der Waals surface area (Å²) in [7, 11) is 1.45. The third-order valence-electron chi connectivity index (χ3n) is 4.17. The summed E-state index contributed by atoms with van der Waals surface area (Å²) >= 11 is 5.56. The highest BCUT2D eigenvalue weighted by Gasteiger charge is 2.33. The lowest BCUT2D eigenvalue weighted by Crippen LogP contribution is -2.20. The number of nitrogens with one attached hydrogen (secondary N) is 3. The van der Waals surface area contributed by atoms with Crippen molar-refractivity contribution in [2.75, 3.05) is 17.7 Å². The van der Waals surface area contributed by atoms with Crippen LogP contribution < -0.4 is 20.7 Å². The highest BCUT2D eigenvalue weighted by atomic mass is 35.5. The fourth-order valence-corrected chi connectivity index (χ4v) is 2.87. The van der Waals surface area contributed by atoms with Crippen molar-refractivity contribution in [3.63, 3.8) is 0 Å². The number of hydrogen-bond acceptors (Lipinski definition) is 5. The predicted octanol–water partition coefficient (Wildman–Crippen LogP) is 5.26. The average molecular weight is 481 g/mol. The summed E-state index contributed by atoms with van der Waals surface area (Å²) in [5.74, 6) is -0.488. The summed E-state index contributed by atoms with van der Waals surface area (Å²) < 4.78 is 44.4. The Morgan fingerprint density at radius 1 is 1.03 bits per heavy atom. The molecule has 33 heavy (non-hydrogen) atoms. The van der Waals surface area contributed by atoms with Crippen LogP contribution in [0.3, 0.4) is 0 Å². The maximum Gasteiger partial charge on any atom is 0.417 e. The van der Waals surface area contributed by atoms with E-state index < -0.39 is 28.7 Å². The van der Waals surface area contributed by atoms with Crippen LogP contribution in [0, 0.1) is 0 Å². The van der Waals surface area contributed by atoms with Crippen LogP contribution in [0.25, 0.3) is 0 Å². The van der Waals surface area contributed by atoms with Gasteiger partial charge >= 0.3 is 12.2 Å². The molecule has 0 aliphatic carbocycles. The number of pyridine rings is 1. The average Bonchev–Trinajstić information content (AvgIpc) is 2.76. The molecule has 0 spiro atoms. The van der Waals surface area contributed by atoms with E-state index in [1.54, 1.807) is 0 Å². The highest BCUT2D eigenvalue weighted by Crippen LogP contribution is 2.36. The summed E-state index contributed by atoms with van der Waals surface area (Å²) in [6.45, 7) is 0. The molecule has 1 heterocycles. The number of ether oxygens (including phenoxy) is 1. The molecule has 0 bridgehead atoms. The van der Waals surface area contributed by atoms with Gasteiger partial charge in [-0.1, -0.05) is 11.6 Å². The number of amides is 3. The first-order valence-corrected chi connectivity index (χ1v) is 9.58. The van der Waals surface area contributed by atoms with E-state index in [2.05, 4.69) is 20.9 Å². The molecule has 0 atom stereocenters.